The topological polar surface area (TPSA) is 29.5 Å². The van der Waals surface area contributed by atoms with E-state index in [9.17, 15) is 9.18 Å². The van der Waals surface area contributed by atoms with Crippen molar-refractivity contribution in [1.29, 1.82) is 0 Å². The second-order valence-corrected chi connectivity index (χ2v) is 6.88. The molecule has 124 valence electrons. The number of benzene rings is 1. The van der Waals surface area contributed by atoms with Gasteiger partial charge in [-0.05, 0) is 32.3 Å². The highest BCUT2D eigenvalue weighted by atomic mass is 32.1. The number of rotatable bonds is 5. The van der Waals surface area contributed by atoms with Crippen LogP contribution in [-0.2, 0) is 9.53 Å². The smallest absolute Gasteiger partial charge is 0.312 e. The van der Waals surface area contributed by atoms with Gasteiger partial charge in [0.2, 0.25) is 0 Å². The Labute approximate surface area is 141 Å². The first-order chi connectivity index (χ1) is 11.0. The highest BCUT2D eigenvalue weighted by molar-refractivity contribution is 7.80. The van der Waals surface area contributed by atoms with Crippen LogP contribution in [-0.4, -0.2) is 35.2 Å². The molecule has 3 nitrogen and oxygen atoms in total. The quantitative estimate of drug-likeness (QED) is 0.606. The van der Waals surface area contributed by atoms with Gasteiger partial charge in [-0.15, -0.1) is 0 Å². The predicted molar refractivity (Wildman–Crippen MR) is 90.8 cm³/mol. The van der Waals surface area contributed by atoms with Crippen molar-refractivity contribution in [3.05, 3.63) is 35.9 Å². The Morgan fingerprint density at radius 1 is 1.43 bits per heavy atom. The number of esters is 1. The molecule has 3 rings (SSSR count). The van der Waals surface area contributed by atoms with E-state index in [2.05, 4.69) is 0 Å². The van der Waals surface area contributed by atoms with E-state index >= 15 is 0 Å². The number of ether oxygens (including phenoxy) is 1. The summed E-state index contributed by atoms with van der Waals surface area (Å²) >= 11 is 5.36. The van der Waals surface area contributed by atoms with Gasteiger partial charge in [0.15, 0.2) is 6.17 Å². The SMILES string of the molecule is CCOC(=O)C1([C@H]2CN(C(C)c3ccccc3)C(=S)[C@H]2F)CC1. The number of hydrogen-bond acceptors (Lipinski definition) is 3. The van der Waals surface area contributed by atoms with Crippen LogP contribution >= 0.6 is 12.2 Å². The van der Waals surface area contributed by atoms with E-state index in [1.807, 2.05) is 42.2 Å². The first kappa shape index (κ1) is 16.4. The van der Waals surface area contributed by atoms with E-state index in [0.29, 0.717) is 31.0 Å². The van der Waals surface area contributed by atoms with Crippen molar-refractivity contribution in [3.63, 3.8) is 0 Å². The third kappa shape index (κ3) is 2.75. The Kier molecular flexibility index (Phi) is 4.41. The van der Waals surface area contributed by atoms with Gasteiger partial charge in [-0.1, -0.05) is 42.5 Å². The van der Waals surface area contributed by atoms with Crippen molar-refractivity contribution in [2.24, 2.45) is 11.3 Å². The van der Waals surface area contributed by atoms with Gasteiger partial charge < -0.3 is 9.64 Å². The molecule has 1 aromatic carbocycles. The summed E-state index contributed by atoms with van der Waals surface area (Å²) in [6, 6.07) is 9.94. The highest BCUT2D eigenvalue weighted by Crippen LogP contribution is 2.57. The highest BCUT2D eigenvalue weighted by Gasteiger charge is 2.62. The number of likely N-dealkylation sites (tertiary alicyclic amines) is 1. The Morgan fingerprint density at radius 3 is 2.65 bits per heavy atom. The molecule has 3 atom stereocenters. The van der Waals surface area contributed by atoms with Gasteiger partial charge in [0.05, 0.1) is 18.1 Å². The molecule has 1 saturated carbocycles. The lowest BCUT2D eigenvalue weighted by Crippen LogP contribution is -2.34. The van der Waals surface area contributed by atoms with Crippen LogP contribution in [0.3, 0.4) is 0 Å². The summed E-state index contributed by atoms with van der Waals surface area (Å²) in [4.78, 5) is 14.5. The standard InChI is InChI=1S/C18H22FNO2S/c1-3-22-17(21)18(9-10-18)14-11-20(16(23)15(14)19)12(2)13-7-5-4-6-8-13/h4-8,12,14-15H,3,9-11H2,1-2H3/t12?,14-,15-/m0/s1. The van der Waals surface area contributed by atoms with Crippen LogP contribution in [0.25, 0.3) is 0 Å². The largest absolute Gasteiger partial charge is 0.466 e. The molecule has 0 amide bonds. The van der Waals surface area contributed by atoms with Crippen molar-refractivity contribution in [2.75, 3.05) is 13.2 Å². The van der Waals surface area contributed by atoms with Crippen molar-refractivity contribution in [3.8, 4) is 0 Å². The predicted octanol–water partition coefficient (Wildman–Crippen LogP) is 3.69. The zero-order valence-corrected chi connectivity index (χ0v) is 14.3. The molecule has 0 bridgehead atoms. The molecule has 1 aliphatic carbocycles. The van der Waals surface area contributed by atoms with Crippen LogP contribution in [0.4, 0.5) is 4.39 Å². The molecule has 2 aliphatic rings. The van der Waals surface area contributed by atoms with Crippen LogP contribution in [0.2, 0.25) is 0 Å². The van der Waals surface area contributed by atoms with E-state index in [4.69, 9.17) is 17.0 Å². The normalized spacial score (nSPS) is 26.9. The third-order valence-electron chi connectivity index (χ3n) is 5.20. The lowest BCUT2D eigenvalue weighted by molar-refractivity contribution is -0.152. The van der Waals surface area contributed by atoms with Gasteiger partial charge in [0, 0.05) is 12.5 Å². The van der Waals surface area contributed by atoms with Gasteiger partial charge in [0.1, 0.15) is 4.99 Å². The molecule has 1 aliphatic heterocycles. The lowest BCUT2D eigenvalue weighted by Gasteiger charge is -2.27. The number of carbonyl (C=O) groups is 1. The summed E-state index contributed by atoms with van der Waals surface area (Å²) in [6.07, 6.45) is 0.156. The summed E-state index contributed by atoms with van der Waals surface area (Å²) in [5, 5.41) is 0. The zero-order valence-electron chi connectivity index (χ0n) is 13.5. The Morgan fingerprint density at radius 2 is 2.09 bits per heavy atom. The molecular formula is C18H22FNO2S. The minimum absolute atomic E-state index is 0.00458. The maximum absolute atomic E-state index is 14.9. The molecule has 5 heteroatoms. The Bertz CT molecular complexity index is 602. The monoisotopic (exact) mass is 335 g/mol. The maximum Gasteiger partial charge on any atom is 0.312 e. The zero-order chi connectivity index (χ0) is 16.6. The molecule has 0 radical (unpaired) electrons. The number of alkyl halides is 1. The average Bonchev–Trinajstić information content (AvgIpc) is 3.31. The average molecular weight is 335 g/mol. The van der Waals surface area contributed by atoms with Crippen LogP contribution < -0.4 is 0 Å². The van der Waals surface area contributed by atoms with E-state index < -0.39 is 11.6 Å². The fraction of sp³-hybridized carbons (Fsp3) is 0.556. The lowest BCUT2D eigenvalue weighted by atomic mass is 9.87. The fourth-order valence-electron chi connectivity index (χ4n) is 3.58. The molecular weight excluding hydrogens is 313 g/mol. The van der Waals surface area contributed by atoms with E-state index in [-0.39, 0.29) is 17.9 Å². The van der Waals surface area contributed by atoms with Gasteiger partial charge >= 0.3 is 5.97 Å². The van der Waals surface area contributed by atoms with Crippen molar-refractivity contribution < 1.29 is 13.9 Å². The van der Waals surface area contributed by atoms with E-state index in [1.54, 1.807) is 6.92 Å². The van der Waals surface area contributed by atoms with Crippen LogP contribution in [0, 0.1) is 11.3 Å². The number of nitrogens with zero attached hydrogens (tertiary/aromatic N) is 1. The van der Waals surface area contributed by atoms with Gasteiger partial charge in [0.25, 0.3) is 0 Å². The first-order valence-corrected chi connectivity index (χ1v) is 8.59. The minimum Gasteiger partial charge on any atom is -0.466 e. The van der Waals surface area contributed by atoms with Crippen LogP contribution in [0.1, 0.15) is 38.3 Å². The minimum atomic E-state index is -1.25. The second-order valence-electron chi connectivity index (χ2n) is 6.46. The molecule has 1 aromatic rings. The molecule has 1 saturated heterocycles. The van der Waals surface area contributed by atoms with Gasteiger partial charge in [-0.2, -0.15) is 0 Å². The summed E-state index contributed by atoms with van der Waals surface area (Å²) in [5.41, 5.74) is 0.439. The van der Waals surface area contributed by atoms with Crippen LogP contribution in [0.5, 0.6) is 0 Å². The summed E-state index contributed by atoms with van der Waals surface area (Å²) in [7, 11) is 0. The number of thiocarbonyl (C=S) groups is 1. The molecule has 1 unspecified atom stereocenters. The van der Waals surface area contributed by atoms with Gasteiger partial charge in [-0.25, -0.2) is 4.39 Å². The number of halogens is 1. The van der Waals surface area contributed by atoms with Crippen LogP contribution in [0.15, 0.2) is 30.3 Å². The molecule has 1 heterocycles. The maximum atomic E-state index is 14.9. The molecule has 2 fully saturated rings. The third-order valence-corrected chi connectivity index (χ3v) is 5.66. The molecule has 0 N–H and O–H groups in total. The van der Waals surface area contributed by atoms with E-state index in [0.717, 1.165) is 5.56 Å². The summed E-state index contributed by atoms with van der Waals surface area (Å²) in [6.45, 7) is 4.62. The Hall–Kier alpha value is -1.49. The van der Waals surface area contributed by atoms with E-state index in [1.165, 1.54) is 0 Å². The number of hydrogen-bond donors (Lipinski definition) is 0. The summed E-state index contributed by atoms with van der Waals surface area (Å²) in [5.74, 6) is -0.648. The fourth-order valence-corrected chi connectivity index (χ4v) is 3.97. The molecule has 0 aromatic heterocycles. The first-order valence-electron chi connectivity index (χ1n) is 8.18. The molecule has 23 heavy (non-hydrogen) atoms. The van der Waals surface area contributed by atoms with Crippen molar-refractivity contribution >= 4 is 23.2 Å². The van der Waals surface area contributed by atoms with Crippen molar-refractivity contribution in [1.82, 2.24) is 4.90 Å². The van der Waals surface area contributed by atoms with Gasteiger partial charge in [-0.3, -0.25) is 4.79 Å². The summed E-state index contributed by atoms with van der Waals surface area (Å²) < 4.78 is 20.0. The number of carbonyl (C=O) groups excluding carboxylic acids is 1. The second kappa shape index (κ2) is 6.19. The van der Waals surface area contributed by atoms with Crippen molar-refractivity contribution in [2.45, 2.75) is 38.9 Å². The molecule has 0 spiro atoms. The Balaban J connectivity index is 1.79.